The van der Waals surface area contributed by atoms with Crippen LogP contribution >= 0.6 is 0 Å². The van der Waals surface area contributed by atoms with Crippen LogP contribution in [0.3, 0.4) is 0 Å². The molecule has 4 aliphatic rings. The molecule has 4 aromatic rings. The normalized spacial score (nSPS) is 21.7. The molecule has 2 aromatic heterocycles. The van der Waals surface area contributed by atoms with Gasteiger partial charge in [0.2, 0.25) is 10.9 Å². The first-order chi connectivity index (χ1) is 30.5. The fourth-order valence-electron chi connectivity index (χ4n) is 7.87. The number of aromatic hydroxyl groups is 2. The standard InChI is InChI=1S/C22H20F3N3O5.C21H16F3N3O5/c1-10-3-4-22(2,33)16-9-27(10)21(32)17-19(30)18(29)13(8-28(16)17)20(31)26-7-12-14(24)5-11(23)6-15(12)25;1-9-2-3-16(28)15-8-26(9)21(32)17-19(30)18(29)12(7-27(15)17)20(31)25-6-11-13(23)4-10(22)5-14(11)24/h3-6,8,10,16,30,33H,7,9H2,1-2H3,(H,26,31);2-5,7,9,15,30H,6,8H2,1H3,(H,25,31)/t10-,16+,22-;9-,15+/m00/s1. The van der Waals surface area contributed by atoms with Gasteiger partial charge in [0.1, 0.15) is 57.7 Å². The van der Waals surface area contributed by atoms with Gasteiger partial charge in [-0.25, -0.2) is 26.3 Å². The number of fused-ring (bicyclic) bond motifs is 8. The highest BCUT2D eigenvalue weighted by Gasteiger charge is 2.45. The summed E-state index contributed by atoms with van der Waals surface area (Å²) in [6.07, 6.45) is 7.92. The zero-order chi connectivity index (χ0) is 47.6. The average molecular weight is 911 g/mol. The summed E-state index contributed by atoms with van der Waals surface area (Å²) in [5, 5.41) is 36.2. The number of aromatic nitrogens is 2. The summed E-state index contributed by atoms with van der Waals surface area (Å²) in [5.74, 6) is -13.1. The molecule has 0 fully saturated rings. The van der Waals surface area contributed by atoms with E-state index in [0.717, 1.165) is 17.0 Å². The van der Waals surface area contributed by atoms with E-state index in [4.69, 9.17) is 0 Å². The van der Waals surface area contributed by atoms with Crippen LogP contribution < -0.4 is 21.5 Å². The number of aliphatic hydroxyl groups is 1. The molecule has 6 heterocycles. The van der Waals surface area contributed by atoms with Crippen molar-refractivity contribution in [3.05, 3.63) is 150 Å². The maximum atomic E-state index is 13.9. The molecule has 4 bridgehead atoms. The third-order valence-electron chi connectivity index (χ3n) is 11.5. The van der Waals surface area contributed by atoms with Crippen LogP contribution in [0.15, 0.2) is 70.6 Å². The Morgan fingerprint density at radius 2 is 1.09 bits per heavy atom. The quantitative estimate of drug-likeness (QED) is 0.141. The number of pyridine rings is 2. The van der Waals surface area contributed by atoms with Crippen LogP contribution in [0.1, 0.15) is 85.7 Å². The molecule has 0 saturated heterocycles. The van der Waals surface area contributed by atoms with Crippen molar-refractivity contribution in [3.8, 4) is 11.5 Å². The number of hydrogen-bond donors (Lipinski definition) is 5. The molecule has 340 valence electrons. The summed E-state index contributed by atoms with van der Waals surface area (Å²) < 4.78 is 83.7. The maximum Gasteiger partial charge on any atom is 0.275 e. The topological polar surface area (TPSA) is 221 Å². The van der Waals surface area contributed by atoms with E-state index < -0.39 is 157 Å². The fraction of sp³-hybridized carbons (Fsp3) is 0.279. The molecule has 0 radical (unpaired) electrons. The van der Waals surface area contributed by atoms with Crippen molar-refractivity contribution in [2.45, 2.75) is 63.6 Å². The Morgan fingerprint density at radius 3 is 1.57 bits per heavy atom. The zero-order valence-electron chi connectivity index (χ0n) is 34.2. The monoisotopic (exact) mass is 910 g/mol. The Morgan fingerprint density at radius 1 is 0.677 bits per heavy atom. The van der Waals surface area contributed by atoms with E-state index in [1.165, 1.54) is 39.5 Å². The molecule has 0 unspecified atom stereocenters. The number of nitrogens with one attached hydrogen (secondary N) is 2. The molecule has 0 saturated carbocycles. The highest BCUT2D eigenvalue weighted by Crippen LogP contribution is 2.37. The predicted octanol–water partition coefficient (Wildman–Crippen LogP) is 3.03. The summed E-state index contributed by atoms with van der Waals surface area (Å²) in [5.41, 5.74) is -7.13. The average Bonchev–Trinajstić information content (AvgIpc) is 3.43. The summed E-state index contributed by atoms with van der Waals surface area (Å²) in [7, 11) is 0. The number of allylic oxidation sites excluding steroid dienone is 1. The van der Waals surface area contributed by atoms with Crippen LogP contribution in [0, 0.1) is 34.9 Å². The summed E-state index contributed by atoms with van der Waals surface area (Å²) in [6, 6.07) is -0.912. The van der Waals surface area contributed by atoms with Gasteiger partial charge in [0.15, 0.2) is 28.7 Å². The lowest BCUT2D eigenvalue weighted by atomic mass is 9.93. The number of carbonyl (C=O) groups excluding carboxylic acids is 5. The van der Waals surface area contributed by atoms with Crippen molar-refractivity contribution in [1.82, 2.24) is 29.6 Å². The van der Waals surface area contributed by atoms with E-state index in [2.05, 4.69) is 10.6 Å². The van der Waals surface area contributed by atoms with Crippen molar-refractivity contribution < 1.29 is 65.6 Å². The fourth-order valence-corrected chi connectivity index (χ4v) is 7.87. The van der Waals surface area contributed by atoms with Gasteiger partial charge in [-0.2, -0.15) is 0 Å². The molecule has 4 aliphatic heterocycles. The van der Waals surface area contributed by atoms with Crippen LogP contribution in [0.4, 0.5) is 26.3 Å². The van der Waals surface area contributed by atoms with Gasteiger partial charge >= 0.3 is 0 Å². The second-order valence-electron chi connectivity index (χ2n) is 15.8. The number of amides is 4. The molecule has 5 atom stereocenters. The number of ketones is 1. The molecular weight excluding hydrogens is 874 g/mol. The van der Waals surface area contributed by atoms with E-state index in [1.807, 2.05) is 0 Å². The lowest BCUT2D eigenvalue weighted by Gasteiger charge is -2.41. The number of rotatable bonds is 6. The Bertz CT molecular complexity index is 2880. The van der Waals surface area contributed by atoms with Crippen LogP contribution in [0.25, 0.3) is 0 Å². The molecule has 22 heteroatoms. The van der Waals surface area contributed by atoms with Gasteiger partial charge in [-0.3, -0.25) is 33.6 Å². The Hall–Kier alpha value is -7.49. The van der Waals surface area contributed by atoms with Crippen molar-refractivity contribution in [2.24, 2.45) is 0 Å². The van der Waals surface area contributed by atoms with Gasteiger partial charge in [-0.1, -0.05) is 18.2 Å². The molecule has 0 spiro atoms. The van der Waals surface area contributed by atoms with Gasteiger partial charge in [0, 0.05) is 86.0 Å². The highest BCUT2D eigenvalue weighted by molar-refractivity contribution is 6.03. The molecule has 16 nitrogen and oxygen atoms in total. The first-order valence-electron chi connectivity index (χ1n) is 19.6. The van der Waals surface area contributed by atoms with E-state index in [9.17, 15) is 75.2 Å². The van der Waals surface area contributed by atoms with Gasteiger partial charge in [-0.15, -0.1) is 0 Å². The van der Waals surface area contributed by atoms with E-state index >= 15 is 0 Å². The van der Waals surface area contributed by atoms with E-state index in [-0.39, 0.29) is 18.8 Å². The molecule has 2 aromatic carbocycles. The van der Waals surface area contributed by atoms with Crippen LogP contribution in [-0.2, 0) is 17.9 Å². The van der Waals surface area contributed by atoms with Gasteiger partial charge in [0.25, 0.3) is 23.6 Å². The van der Waals surface area contributed by atoms with Crippen LogP contribution in [0.2, 0.25) is 0 Å². The SMILES string of the molecule is C[C@H]1C=CC(=O)[C@H]2CN1C(=O)c1c(O)c(=O)c(C(=O)NCc3c(F)cc(F)cc3F)cn12.C[C@H]1C=C[C@](C)(O)[C@H]2CN1C(=O)c1c(O)c(=O)c(C(=O)NCc3c(F)cc(F)cc3F)cn12. The number of hydrogen-bond acceptors (Lipinski definition) is 10. The largest absolute Gasteiger partial charge is 0.503 e. The number of carbonyl (C=O) groups is 5. The predicted molar refractivity (Wildman–Crippen MR) is 213 cm³/mol. The Kier molecular flexibility index (Phi) is 11.8. The smallest absolute Gasteiger partial charge is 0.275 e. The molecule has 8 rings (SSSR count). The number of nitrogens with zero attached hydrogens (tertiary/aromatic N) is 4. The first-order valence-corrected chi connectivity index (χ1v) is 19.6. The first kappa shape index (κ1) is 45.5. The van der Waals surface area contributed by atoms with Gasteiger partial charge < -0.3 is 44.9 Å². The Balaban J connectivity index is 0.000000194. The third kappa shape index (κ3) is 8.15. The molecule has 4 amide bonds. The van der Waals surface area contributed by atoms with E-state index in [1.54, 1.807) is 19.9 Å². The van der Waals surface area contributed by atoms with Crippen LogP contribution in [-0.4, -0.2) is 94.4 Å². The molecular formula is C43H36F6N6O10. The third-order valence-corrected chi connectivity index (χ3v) is 11.5. The second kappa shape index (κ2) is 16.9. The maximum absolute atomic E-state index is 13.9. The molecule has 65 heavy (non-hydrogen) atoms. The van der Waals surface area contributed by atoms with E-state index in [0.29, 0.717) is 24.3 Å². The number of halogens is 6. The molecule has 0 aliphatic carbocycles. The highest BCUT2D eigenvalue weighted by atomic mass is 19.2. The number of benzene rings is 2. The van der Waals surface area contributed by atoms with Crippen molar-refractivity contribution in [3.63, 3.8) is 0 Å². The lowest BCUT2D eigenvalue weighted by Crippen LogP contribution is -2.51. The van der Waals surface area contributed by atoms with Crippen molar-refractivity contribution >= 4 is 29.4 Å². The lowest BCUT2D eigenvalue weighted by molar-refractivity contribution is -0.118. The minimum atomic E-state index is -1.49. The Labute approximate surface area is 362 Å². The molecule has 5 N–H and O–H groups in total. The second-order valence-corrected chi connectivity index (χ2v) is 15.8. The van der Waals surface area contributed by atoms with Crippen LogP contribution in [0.5, 0.6) is 11.5 Å². The summed E-state index contributed by atoms with van der Waals surface area (Å²) in [6.45, 7) is 3.47. The van der Waals surface area contributed by atoms with Crippen molar-refractivity contribution in [2.75, 3.05) is 13.1 Å². The zero-order valence-corrected chi connectivity index (χ0v) is 34.2. The summed E-state index contributed by atoms with van der Waals surface area (Å²) in [4.78, 5) is 91.5. The summed E-state index contributed by atoms with van der Waals surface area (Å²) >= 11 is 0. The minimum Gasteiger partial charge on any atom is -0.503 e. The minimum absolute atomic E-state index is 0.0335. The van der Waals surface area contributed by atoms with Crippen molar-refractivity contribution in [1.29, 1.82) is 0 Å². The van der Waals surface area contributed by atoms with Gasteiger partial charge in [0.05, 0.1) is 6.04 Å². The van der Waals surface area contributed by atoms with Gasteiger partial charge in [-0.05, 0) is 26.8 Å².